The molecule has 44 heavy (non-hydrogen) atoms. The number of carbonyl (C=O) groups is 2. The minimum absolute atomic E-state index is 0.108. The quantitative estimate of drug-likeness (QED) is 0.0574. The fourth-order valence-electron chi connectivity index (χ4n) is 5.30. The number of hydrogen-bond donors (Lipinski definition) is 3. The lowest BCUT2D eigenvalue weighted by molar-refractivity contribution is -0.123. The zero-order valence-corrected chi connectivity index (χ0v) is 26.7. The summed E-state index contributed by atoms with van der Waals surface area (Å²) in [5.41, 5.74) is 3.63. The van der Waals surface area contributed by atoms with Crippen molar-refractivity contribution in [1.82, 2.24) is 25.9 Å². The fraction of sp³-hybridized carbons (Fsp3) is 0.514. The van der Waals surface area contributed by atoms with Gasteiger partial charge in [-0.25, -0.2) is 0 Å². The highest BCUT2D eigenvalue weighted by Crippen LogP contribution is 2.17. The third-order valence-electron chi connectivity index (χ3n) is 7.94. The summed E-state index contributed by atoms with van der Waals surface area (Å²) in [4.78, 5) is 35.5. The average molecular weight is 600 g/mol. The molecule has 0 spiro atoms. The molecule has 1 atom stereocenters. The van der Waals surface area contributed by atoms with Crippen molar-refractivity contribution in [3.8, 4) is 0 Å². The van der Waals surface area contributed by atoms with E-state index < -0.39 is 5.92 Å². The van der Waals surface area contributed by atoms with Crippen LogP contribution in [0.1, 0.15) is 111 Å². The Labute approximate surface area is 265 Å². The highest BCUT2D eigenvalue weighted by Gasteiger charge is 2.27. The molecule has 2 aromatic heterocycles. The number of unbranched alkanes of at least 4 members (excludes halogenated alkanes) is 9. The van der Waals surface area contributed by atoms with Crippen LogP contribution in [0.3, 0.4) is 0 Å². The van der Waals surface area contributed by atoms with Crippen molar-refractivity contribution in [3.63, 3.8) is 0 Å². The van der Waals surface area contributed by atoms with Crippen LogP contribution >= 0.6 is 0 Å². The van der Waals surface area contributed by atoms with Crippen LogP contribution in [0.25, 0.3) is 0 Å². The van der Waals surface area contributed by atoms with Crippen molar-refractivity contribution >= 4 is 11.7 Å². The van der Waals surface area contributed by atoms with Gasteiger partial charge in [0.15, 0.2) is 5.78 Å². The second-order valence-corrected chi connectivity index (χ2v) is 11.7. The van der Waals surface area contributed by atoms with E-state index in [1.54, 1.807) is 12.4 Å². The third-order valence-corrected chi connectivity index (χ3v) is 7.94. The molecular formula is C37H53N5O2. The molecule has 3 rings (SSSR count). The van der Waals surface area contributed by atoms with Crippen LogP contribution in [0.5, 0.6) is 0 Å². The van der Waals surface area contributed by atoms with Crippen LogP contribution in [0.15, 0.2) is 73.1 Å². The van der Waals surface area contributed by atoms with Crippen LogP contribution in [-0.4, -0.2) is 34.7 Å². The SMILES string of the molecule is CCCCCCCCCCCCNC(=O)[C@@H](CCCNCc1ccccn1)C(=O)c1ccc(CNCc2ccccn2)cc1. The Bertz CT molecular complexity index is 1170. The normalized spacial score (nSPS) is 11.8. The van der Waals surface area contributed by atoms with Crippen molar-refractivity contribution in [2.75, 3.05) is 13.1 Å². The van der Waals surface area contributed by atoms with E-state index in [2.05, 4.69) is 32.8 Å². The molecule has 1 aromatic carbocycles. The number of rotatable bonds is 24. The van der Waals surface area contributed by atoms with E-state index in [0.717, 1.165) is 36.2 Å². The largest absolute Gasteiger partial charge is 0.355 e. The molecule has 0 aliphatic carbocycles. The number of aromatic nitrogens is 2. The Morgan fingerprint density at radius 3 is 1.82 bits per heavy atom. The average Bonchev–Trinajstić information content (AvgIpc) is 3.06. The molecule has 0 aliphatic rings. The smallest absolute Gasteiger partial charge is 0.230 e. The Morgan fingerprint density at radius 2 is 1.23 bits per heavy atom. The summed E-state index contributed by atoms with van der Waals surface area (Å²) in [7, 11) is 0. The lowest BCUT2D eigenvalue weighted by Gasteiger charge is -2.17. The van der Waals surface area contributed by atoms with Gasteiger partial charge in [-0.15, -0.1) is 0 Å². The summed E-state index contributed by atoms with van der Waals surface area (Å²) in [6.45, 7) is 5.61. The molecule has 238 valence electrons. The molecule has 3 aromatic rings. The molecule has 0 bridgehead atoms. The summed E-state index contributed by atoms with van der Waals surface area (Å²) < 4.78 is 0. The summed E-state index contributed by atoms with van der Waals surface area (Å²) in [6, 6.07) is 19.4. The highest BCUT2D eigenvalue weighted by molar-refractivity contribution is 6.10. The minimum Gasteiger partial charge on any atom is -0.355 e. The maximum absolute atomic E-state index is 13.6. The van der Waals surface area contributed by atoms with Crippen LogP contribution in [0.2, 0.25) is 0 Å². The summed E-state index contributed by atoms with van der Waals surface area (Å²) in [5, 5.41) is 9.85. The first kappa shape index (κ1) is 35.1. The minimum atomic E-state index is -0.692. The van der Waals surface area contributed by atoms with Crippen LogP contribution in [-0.2, 0) is 24.4 Å². The highest BCUT2D eigenvalue weighted by atomic mass is 16.2. The Balaban J connectivity index is 1.44. The van der Waals surface area contributed by atoms with E-state index >= 15 is 0 Å². The van der Waals surface area contributed by atoms with Crippen molar-refractivity contribution in [2.24, 2.45) is 5.92 Å². The summed E-state index contributed by atoms with van der Waals surface area (Å²) in [6.07, 6.45) is 17.3. The monoisotopic (exact) mass is 599 g/mol. The number of hydrogen-bond acceptors (Lipinski definition) is 6. The molecule has 3 N–H and O–H groups in total. The molecule has 7 nitrogen and oxygen atoms in total. The maximum Gasteiger partial charge on any atom is 0.230 e. The van der Waals surface area contributed by atoms with Gasteiger partial charge in [-0.1, -0.05) is 101 Å². The second-order valence-electron chi connectivity index (χ2n) is 11.7. The predicted octanol–water partition coefficient (Wildman–Crippen LogP) is 7.17. The Hall–Kier alpha value is -3.42. The number of benzene rings is 1. The Morgan fingerprint density at radius 1 is 0.636 bits per heavy atom. The number of nitrogens with zero attached hydrogens (tertiary/aromatic N) is 2. The second kappa shape index (κ2) is 22.1. The fourth-order valence-corrected chi connectivity index (χ4v) is 5.30. The van der Waals surface area contributed by atoms with E-state index in [1.165, 1.54) is 51.4 Å². The van der Waals surface area contributed by atoms with E-state index in [1.807, 2.05) is 60.7 Å². The number of nitrogens with one attached hydrogen (secondary N) is 3. The molecule has 0 unspecified atom stereocenters. The molecule has 0 aliphatic heterocycles. The number of ketones is 1. The zero-order valence-electron chi connectivity index (χ0n) is 26.7. The van der Waals surface area contributed by atoms with E-state index in [4.69, 9.17) is 0 Å². The van der Waals surface area contributed by atoms with Crippen molar-refractivity contribution in [1.29, 1.82) is 0 Å². The van der Waals surface area contributed by atoms with E-state index in [0.29, 0.717) is 44.7 Å². The first-order valence-corrected chi connectivity index (χ1v) is 16.8. The number of Topliss-reactive ketones (excluding diaryl/α,β-unsaturated/α-hetero) is 1. The number of carbonyl (C=O) groups excluding carboxylic acids is 2. The topological polar surface area (TPSA) is 96.0 Å². The summed E-state index contributed by atoms with van der Waals surface area (Å²) in [5.74, 6) is -0.956. The van der Waals surface area contributed by atoms with E-state index in [-0.39, 0.29) is 11.7 Å². The lowest BCUT2D eigenvalue weighted by atomic mass is 9.91. The van der Waals surface area contributed by atoms with Crippen LogP contribution in [0.4, 0.5) is 0 Å². The van der Waals surface area contributed by atoms with Gasteiger partial charge in [0, 0.05) is 44.1 Å². The van der Waals surface area contributed by atoms with Crippen LogP contribution in [0, 0.1) is 5.92 Å². The van der Waals surface area contributed by atoms with Gasteiger partial charge in [-0.2, -0.15) is 0 Å². The van der Waals surface area contributed by atoms with Gasteiger partial charge in [-0.3, -0.25) is 19.6 Å². The first-order chi connectivity index (χ1) is 21.7. The first-order valence-electron chi connectivity index (χ1n) is 16.8. The maximum atomic E-state index is 13.6. The standard InChI is InChI=1S/C37H53N5O2/c1-2-3-4-5-6-7-8-9-10-13-27-42-37(44)35(19-16-24-38-29-33-17-11-14-25-40-33)36(43)32-22-20-31(21-23-32)28-39-30-34-18-12-15-26-41-34/h11-12,14-15,17-18,20-23,25-26,35,38-39H,2-10,13,16,19,24,27-30H2,1H3,(H,42,44)/t35-/m0/s1. The molecule has 0 saturated carbocycles. The van der Waals surface area contributed by atoms with Crippen molar-refractivity contribution < 1.29 is 9.59 Å². The summed E-state index contributed by atoms with van der Waals surface area (Å²) >= 11 is 0. The molecule has 0 saturated heterocycles. The molecule has 1 amide bonds. The molecule has 0 fully saturated rings. The van der Waals surface area contributed by atoms with Crippen LogP contribution < -0.4 is 16.0 Å². The number of pyridine rings is 2. The molecule has 2 heterocycles. The van der Waals surface area contributed by atoms with Crippen molar-refractivity contribution in [2.45, 2.75) is 104 Å². The zero-order chi connectivity index (χ0) is 31.1. The van der Waals surface area contributed by atoms with Gasteiger partial charge in [0.05, 0.1) is 11.4 Å². The molecule has 0 radical (unpaired) electrons. The van der Waals surface area contributed by atoms with E-state index in [9.17, 15) is 9.59 Å². The van der Waals surface area contributed by atoms with Gasteiger partial charge >= 0.3 is 0 Å². The Kier molecular flexibility index (Phi) is 17.6. The number of amides is 1. The van der Waals surface area contributed by atoms with Crippen molar-refractivity contribution in [3.05, 3.63) is 95.6 Å². The molecular weight excluding hydrogens is 546 g/mol. The predicted molar refractivity (Wildman–Crippen MR) is 179 cm³/mol. The van der Waals surface area contributed by atoms with Gasteiger partial charge in [0.25, 0.3) is 0 Å². The van der Waals surface area contributed by atoms with Gasteiger partial charge < -0.3 is 16.0 Å². The van der Waals surface area contributed by atoms with Gasteiger partial charge in [0.1, 0.15) is 5.92 Å². The molecule has 7 heteroatoms. The third kappa shape index (κ3) is 14.4. The van der Waals surface area contributed by atoms with Gasteiger partial charge in [-0.05, 0) is 55.6 Å². The van der Waals surface area contributed by atoms with Gasteiger partial charge in [0.2, 0.25) is 5.91 Å². The lowest BCUT2D eigenvalue weighted by Crippen LogP contribution is -2.36.